The highest BCUT2D eigenvalue weighted by molar-refractivity contribution is 5.87. The number of likely N-dealkylation sites (tertiary alicyclic amines) is 2. The van der Waals surface area contributed by atoms with E-state index < -0.39 is 5.41 Å². The van der Waals surface area contributed by atoms with Gasteiger partial charge in [-0.15, -0.1) is 0 Å². The van der Waals surface area contributed by atoms with E-state index in [0.29, 0.717) is 26.1 Å². The van der Waals surface area contributed by atoms with Crippen LogP contribution in [0.2, 0.25) is 0 Å². The second kappa shape index (κ2) is 7.39. The third-order valence-corrected chi connectivity index (χ3v) is 6.10. The molecule has 2 heterocycles. The minimum Gasteiger partial charge on any atom is -0.395 e. The van der Waals surface area contributed by atoms with Crippen molar-refractivity contribution >= 4 is 11.8 Å². The zero-order valence-corrected chi connectivity index (χ0v) is 15.9. The molecule has 5 nitrogen and oxygen atoms in total. The van der Waals surface area contributed by atoms with Crippen LogP contribution in [0, 0.1) is 5.41 Å². The van der Waals surface area contributed by atoms with E-state index in [2.05, 4.69) is 0 Å². The monoisotopic (exact) mass is 358 g/mol. The maximum atomic E-state index is 13.3. The van der Waals surface area contributed by atoms with Crippen molar-refractivity contribution in [2.75, 3.05) is 32.8 Å². The minimum absolute atomic E-state index is 0.00843. The van der Waals surface area contributed by atoms with Gasteiger partial charge < -0.3 is 14.9 Å². The van der Waals surface area contributed by atoms with Crippen LogP contribution in [0.5, 0.6) is 0 Å². The van der Waals surface area contributed by atoms with Gasteiger partial charge in [-0.25, -0.2) is 0 Å². The fourth-order valence-corrected chi connectivity index (χ4v) is 4.51. The van der Waals surface area contributed by atoms with Crippen LogP contribution in [0.25, 0.3) is 0 Å². The Labute approximate surface area is 156 Å². The van der Waals surface area contributed by atoms with Gasteiger partial charge >= 0.3 is 0 Å². The van der Waals surface area contributed by atoms with Gasteiger partial charge in [-0.05, 0) is 38.7 Å². The van der Waals surface area contributed by atoms with Gasteiger partial charge in [0.15, 0.2) is 0 Å². The second-order valence-electron chi connectivity index (χ2n) is 8.36. The highest BCUT2D eigenvalue weighted by Crippen LogP contribution is 2.40. The van der Waals surface area contributed by atoms with E-state index in [0.717, 1.165) is 31.4 Å². The number of carbonyl (C=O) groups is 2. The SMILES string of the molecule is CC(C)(C(=O)N1CCC[C@@]2(CCC(=O)N(CCO)C2)C1)c1ccccc1. The summed E-state index contributed by atoms with van der Waals surface area (Å²) in [6, 6.07) is 9.94. The van der Waals surface area contributed by atoms with E-state index in [1.165, 1.54) is 0 Å². The highest BCUT2D eigenvalue weighted by atomic mass is 16.3. The molecule has 1 spiro atoms. The molecule has 26 heavy (non-hydrogen) atoms. The van der Waals surface area contributed by atoms with Crippen molar-refractivity contribution in [3.8, 4) is 0 Å². The zero-order valence-electron chi connectivity index (χ0n) is 15.9. The van der Waals surface area contributed by atoms with E-state index in [9.17, 15) is 14.7 Å². The summed E-state index contributed by atoms with van der Waals surface area (Å²) >= 11 is 0. The topological polar surface area (TPSA) is 60.9 Å². The fourth-order valence-electron chi connectivity index (χ4n) is 4.51. The number of nitrogens with zero attached hydrogens (tertiary/aromatic N) is 2. The van der Waals surface area contributed by atoms with Crippen molar-refractivity contribution in [1.82, 2.24) is 9.80 Å². The van der Waals surface area contributed by atoms with Gasteiger partial charge in [0.1, 0.15) is 0 Å². The summed E-state index contributed by atoms with van der Waals surface area (Å²) in [7, 11) is 0. The summed E-state index contributed by atoms with van der Waals surface area (Å²) in [5, 5.41) is 9.24. The number of carbonyl (C=O) groups excluding carboxylic acids is 2. The number of β-amino-alcohol motifs (C(OH)–C–C–N with tert-alkyl or cyclic N) is 1. The molecule has 1 aromatic carbocycles. The van der Waals surface area contributed by atoms with Crippen molar-refractivity contribution < 1.29 is 14.7 Å². The van der Waals surface area contributed by atoms with Crippen LogP contribution in [-0.4, -0.2) is 59.5 Å². The maximum Gasteiger partial charge on any atom is 0.232 e. The Morgan fingerprint density at radius 3 is 2.62 bits per heavy atom. The Hall–Kier alpha value is -1.88. The van der Waals surface area contributed by atoms with Crippen LogP contribution >= 0.6 is 0 Å². The first kappa shape index (κ1) is 18.9. The standard InChI is InChI=1S/C21H30N2O3/c1-20(2,17-7-4-3-5-8-17)19(26)23-12-6-10-21(16-23)11-9-18(25)22(15-21)13-14-24/h3-5,7-8,24H,6,9-16H2,1-2H3/t21-/m0/s1. The molecule has 2 aliphatic rings. The van der Waals surface area contributed by atoms with Crippen LogP contribution in [0.15, 0.2) is 30.3 Å². The summed E-state index contributed by atoms with van der Waals surface area (Å²) in [5.41, 5.74) is 0.448. The number of benzene rings is 1. The van der Waals surface area contributed by atoms with Gasteiger partial charge in [0.05, 0.1) is 12.0 Å². The Morgan fingerprint density at radius 1 is 1.19 bits per heavy atom. The van der Waals surface area contributed by atoms with E-state index in [4.69, 9.17) is 0 Å². The molecule has 142 valence electrons. The van der Waals surface area contributed by atoms with Crippen LogP contribution in [0.4, 0.5) is 0 Å². The lowest BCUT2D eigenvalue weighted by molar-refractivity contribution is -0.146. The number of amides is 2. The number of rotatable bonds is 4. The van der Waals surface area contributed by atoms with Crippen LogP contribution in [0.1, 0.15) is 45.1 Å². The van der Waals surface area contributed by atoms with E-state index in [-0.39, 0.29) is 23.8 Å². The summed E-state index contributed by atoms with van der Waals surface area (Å²) in [5.74, 6) is 0.283. The normalized spacial score (nSPS) is 24.2. The van der Waals surface area contributed by atoms with E-state index >= 15 is 0 Å². The zero-order chi connectivity index (χ0) is 18.8. The molecular formula is C21H30N2O3. The molecule has 3 rings (SSSR count). The average Bonchev–Trinajstić information content (AvgIpc) is 2.65. The number of aliphatic hydroxyl groups excluding tert-OH is 1. The summed E-state index contributed by atoms with van der Waals surface area (Å²) in [4.78, 5) is 29.2. The van der Waals surface area contributed by atoms with Gasteiger partial charge in [0.25, 0.3) is 0 Å². The van der Waals surface area contributed by atoms with Crippen LogP contribution < -0.4 is 0 Å². The molecule has 0 aromatic heterocycles. The summed E-state index contributed by atoms with van der Waals surface area (Å²) < 4.78 is 0. The van der Waals surface area contributed by atoms with Gasteiger partial charge in [0.2, 0.25) is 11.8 Å². The smallest absolute Gasteiger partial charge is 0.232 e. The van der Waals surface area contributed by atoms with Crippen molar-refractivity contribution in [1.29, 1.82) is 0 Å². The molecule has 0 saturated carbocycles. The molecule has 0 unspecified atom stereocenters. The lowest BCUT2D eigenvalue weighted by Crippen LogP contribution is -2.57. The summed E-state index contributed by atoms with van der Waals surface area (Å²) in [6.07, 6.45) is 3.36. The number of hydrogen-bond acceptors (Lipinski definition) is 3. The van der Waals surface area contributed by atoms with Crippen molar-refractivity contribution in [2.45, 2.75) is 44.9 Å². The lowest BCUT2D eigenvalue weighted by Gasteiger charge is -2.49. The molecule has 2 saturated heterocycles. The quantitative estimate of drug-likeness (QED) is 0.897. The Balaban J connectivity index is 1.76. The Kier molecular flexibility index (Phi) is 5.37. The van der Waals surface area contributed by atoms with Gasteiger partial charge in [-0.1, -0.05) is 30.3 Å². The molecule has 1 aromatic rings. The van der Waals surface area contributed by atoms with E-state index in [1.807, 2.05) is 49.1 Å². The molecule has 0 radical (unpaired) electrons. The van der Waals surface area contributed by atoms with Gasteiger partial charge in [0, 0.05) is 38.0 Å². The fraction of sp³-hybridized carbons (Fsp3) is 0.619. The predicted molar refractivity (Wildman–Crippen MR) is 101 cm³/mol. The molecule has 1 atom stereocenters. The first-order valence-corrected chi connectivity index (χ1v) is 9.62. The van der Waals surface area contributed by atoms with E-state index in [1.54, 1.807) is 4.90 Å². The number of hydrogen-bond donors (Lipinski definition) is 1. The molecule has 0 bridgehead atoms. The van der Waals surface area contributed by atoms with Crippen LogP contribution in [0.3, 0.4) is 0 Å². The molecule has 0 aliphatic carbocycles. The number of piperidine rings is 2. The summed E-state index contributed by atoms with van der Waals surface area (Å²) in [6.45, 7) is 6.52. The first-order valence-electron chi connectivity index (χ1n) is 9.62. The van der Waals surface area contributed by atoms with Gasteiger partial charge in [-0.2, -0.15) is 0 Å². The molecule has 1 N–H and O–H groups in total. The Bertz CT molecular complexity index is 658. The molecule has 2 fully saturated rings. The molecular weight excluding hydrogens is 328 g/mol. The minimum atomic E-state index is -0.560. The van der Waals surface area contributed by atoms with Crippen molar-refractivity contribution in [3.05, 3.63) is 35.9 Å². The predicted octanol–water partition coefficient (Wildman–Crippen LogP) is 2.19. The Morgan fingerprint density at radius 2 is 1.92 bits per heavy atom. The van der Waals surface area contributed by atoms with Crippen molar-refractivity contribution in [3.63, 3.8) is 0 Å². The molecule has 5 heteroatoms. The third-order valence-electron chi connectivity index (χ3n) is 6.10. The average molecular weight is 358 g/mol. The number of aliphatic hydroxyl groups is 1. The van der Waals surface area contributed by atoms with Crippen LogP contribution in [-0.2, 0) is 15.0 Å². The third kappa shape index (κ3) is 3.63. The molecule has 2 amide bonds. The van der Waals surface area contributed by atoms with Crippen molar-refractivity contribution in [2.24, 2.45) is 5.41 Å². The van der Waals surface area contributed by atoms with Gasteiger partial charge in [-0.3, -0.25) is 9.59 Å². The largest absolute Gasteiger partial charge is 0.395 e. The molecule has 2 aliphatic heterocycles. The second-order valence-corrected chi connectivity index (χ2v) is 8.36. The lowest BCUT2D eigenvalue weighted by atomic mass is 9.72. The maximum absolute atomic E-state index is 13.3. The highest BCUT2D eigenvalue weighted by Gasteiger charge is 2.44. The first-order chi connectivity index (χ1) is 12.4.